The Bertz CT molecular complexity index is 605. The fraction of sp³-hybridized carbons (Fsp3) is 0.0714. The zero-order valence-corrected chi connectivity index (χ0v) is 9.68. The Morgan fingerprint density at radius 1 is 1.11 bits per heavy atom. The molecule has 0 bridgehead atoms. The van der Waals surface area contributed by atoms with E-state index in [9.17, 15) is 4.39 Å². The number of rotatable bonds is 3. The van der Waals surface area contributed by atoms with E-state index in [0.29, 0.717) is 11.3 Å². The molecule has 2 aromatic rings. The van der Waals surface area contributed by atoms with Crippen molar-refractivity contribution in [2.24, 2.45) is 0 Å². The quantitative estimate of drug-likeness (QED) is 0.828. The van der Waals surface area contributed by atoms with Gasteiger partial charge in [-0.2, -0.15) is 5.26 Å². The minimum absolute atomic E-state index is 0.0715. The second-order valence-electron chi connectivity index (χ2n) is 3.51. The number of nitrogens with zero attached hydrogens (tertiary/aromatic N) is 1. The zero-order chi connectivity index (χ0) is 13.0. The van der Waals surface area contributed by atoms with Gasteiger partial charge in [-0.3, -0.25) is 0 Å². The Balaban J connectivity index is 2.39. The van der Waals surface area contributed by atoms with Gasteiger partial charge in [0.25, 0.3) is 0 Å². The summed E-state index contributed by atoms with van der Waals surface area (Å²) < 4.78 is 23.9. The van der Waals surface area contributed by atoms with Crippen LogP contribution in [0.1, 0.15) is 5.56 Å². The lowest BCUT2D eigenvalue weighted by atomic mass is 10.2. The molecule has 0 spiro atoms. The molecule has 0 unspecified atom stereocenters. The molecule has 0 radical (unpaired) electrons. The van der Waals surface area contributed by atoms with Crippen LogP contribution in [0, 0.1) is 17.1 Å². The van der Waals surface area contributed by atoms with Gasteiger partial charge in [0, 0.05) is 6.07 Å². The standard InChI is InChI=1S/C14H10FNO2/c1-17-11-7-6-10(9-16)14(8-11)18-13-5-3-2-4-12(13)15/h2-8H,1H3. The average Bonchev–Trinajstić information content (AvgIpc) is 2.41. The van der Waals surface area contributed by atoms with Crippen molar-refractivity contribution < 1.29 is 13.9 Å². The third kappa shape index (κ3) is 2.41. The van der Waals surface area contributed by atoms with E-state index in [0.717, 1.165) is 0 Å². The highest BCUT2D eigenvalue weighted by Crippen LogP contribution is 2.30. The first-order valence-electron chi connectivity index (χ1n) is 5.25. The van der Waals surface area contributed by atoms with Crippen molar-refractivity contribution in [1.29, 1.82) is 5.26 Å². The monoisotopic (exact) mass is 243 g/mol. The fourth-order valence-corrected chi connectivity index (χ4v) is 1.45. The Kier molecular flexibility index (Phi) is 3.44. The van der Waals surface area contributed by atoms with E-state index in [1.807, 2.05) is 6.07 Å². The molecule has 0 aliphatic carbocycles. The first kappa shape index (κ1) is 11.9. The van der Waals surface area contributed by atoms with E-state index >= 15 is 0 Å². The molecule has 2 rings (SSSR count). The summed E-state index contributed by atoms with van der Waals surface area (Å²) in [5.74, 6) is 0.397. The average molecular weight is 243 g/mol. The fourth-order valence-electron chi connectivity index (χ4n) is 1.45. The molecule has 0 saturated carbocycles. The molecule has 90 valence electrons. The van der Waals surface area contributed by atoms with Crippen LogP contribution in [0.25, 0.3) is 0 Å². The molecule has 4 heteroatoms. The number of halogens is 1. The molecule has 3 nitrogen and oxygen atoms in total. The predicted octanol–water partition coefficient (Wildman–Crippen LogP) is 3.50. The molecular formula is C14H10FNO2. The maximum Gasteiger partial charge on any atom is 0.165 e. The molecule has 0 atom stereocenters. The zero-order valence-electron chi connectivity index (χ0n) is 9.68. The lowest BCUT2D eigenvalue weighted by molar-refractivity contribution is 0.405. The van der Waals surface area contributed by atoms with E-state index in [-0.39, 0.29) is 11.5 Å². The molecular weight excluding hydrogens is 233 g/mol. The number of hydrogen-bond acceptors (Lipinski definition) is 3. The van der Waals surface area contributed by atoms with Crippen LogP contribution >= 0.6 is 0 Å². The lowest BCUT2D eigenvalue weighted by Gasteiger charge is -2.09. The number of benzene rings is 2. The Morgan fingerprint density at radius 2 is 1.89 bits per heavy atom. The van der Waals surface area contributed by atoms with E-state index < -0.39 is 5.82 Å². The summed E-state index contributed by atoms with van der Waals surface area (Å²) in [6, 6.07) is 12.8. The first-order valence-corrected chi connectivity index (χ1v) is 5.25. The summed E-state index contributed by atoms with van der Waals surface area (Å²) in [4.78, 5) is 0. The topological polar surface area (TPSA) is 42.2 Å². The van der Waals surface area contributed by atoms with Gasteiger partial charge < -0.3 is 9.47 Å². The van der Waals surface area contributed by atoms with Gasteiger partial charge in [0.15, 0.2) is 11.6 Å². The van der Waals surface area contributed by atoms with Crippen LogP contribution in [0.15, 0.2) is 42.5 Å². The highest BCUT2D eigenvalue weighted by molar-refractivity contribution is 5.49. The van der Waals surface area contributed by atoms with Crippen LogP contribution in [0.2, 0.25) is 0 Å². The minimum Gasteiger partial charge on any atom is -0.497 e. The number of methoxy groups -OCH3 is 1. The lowest BCUT2D eigenvalue weighted by Crippen LogP contribution is -1.92. The van der Waals surface area contributed by atoms with Crippen molar-refractivity contribution in [3.63, 3.8) is 0 Å². The third-order valence-electron chi connectivity index (χ3n) is 2.37. The molecule has 0 aliphatic rings. The van der Waals surface area contributed by atoms with Crippen LogP contribution in [0.5, 0.6) is 17.2 Å². The highest BCUT2D eigenvalue weighted by Gasteiger charge is 2.09. The molecule has 2 aromatic carbocycles. The van der Waals surface area contributed by atoms with Gasteiger partial charge >= 0.3 is 0 Å². The summed E-state index contributed by atoms with van der Waals surface area (Å²) in [6.07, 6.45) is 0. The molecule has 0 fully saturated rings. The number of nitriles is 1. The number of hydrogen-bond donors (Lipinski definition) is 0. The Morgan fingerprint density at radius 3 is 2.56 bits per heavy atom. The van der Waals surface area contributed by atoms with Gasteiger partial charge in [0.2, 0.25) is 0 Å². The van der Waals surface area contributed by atoms with Crippen LogP contribution in [-0.2, 0) is 0 Å². The molecule has 0 N–H and O–H groups in total. The van der Waals surface area contributed by atoms with Gasteiger partial charge in [-0.05, 0) is 24.3 Å². The van der Waals surface area contributed by atoms with Gasteiger partial charge in [0.1, 0.15) is 17.6 Å². The number of para-hydroxylation sites is 1. The first-order chi connectivity index (χ1) is 8.74. The second kappa shape index (κ2) is 5.19. The third-order valence-corrected chi connectivity index (χ3v) is 2.37. The molecule has 0 amide bonds. The van der Waals surface area contributed by atoms with E-state index in [4.69, 9.17) is 14.7 Å². The van der Waals surface area contributed by atoms with Crippen molar-refractivity contribution in [3.05, 3.63) is 53.8 Å². The molecule has 18 heavy (non-hydrogen) atoms. The van der Waals surface area contributed by atoms with E-state index in [1.165, 1.54) is 19.2 Å². The summed E-state index contributed by atoms with van der Waals surface area (Å²) >= 11 is 0. The van der Waals surface area contributed by atoms with Crippen LogP contribution in [-0.4, -0.2) is 7.11 Å². The summed E-state index contributed by atoms with van der Waals surface area (Å²) in [5, 5.41) is 8.96. The van der Waals surface area contributed by atoms with Gasteiger partial charge in [-0.25, -0.2) is 4.39 Å². The SMILES string of the molecule is COc1ccc(C#N)c(Oc2ccccc2F)c1. The largest absolute Gasteiger partial charge is 0.497 e. The van der Waals surface area contributed by atoms with E-state index in [1.54, 1.807) is 30.3 Å². The summed E-state index contributed by atoms with van der Waals surface area (Å²) in [7, 11) is 1.51. The maximum absolute atomic E-state index is 13.5. The van der Waals surface area contributed by atoms with Gasteiger partial charge in [-0.15, -0.1) is 0 Å². The van der Waals surface area contributed by atoms with Crippen molar-refractivity contribution in [2.75, 3.05) is 7.11 Å². The smallest absolute Gasteiger partial charge is 0.165 e. The summed E-state index contributed by atoms with van der Waals surface area (Å²) in [6.45, 7) is 0. The van der Waals surface area contributed by atoms with Crippen molar-refractivity contribution in [3.8, 4) is 23.3 Å². The van der Waals surface area contributed by atoms with Crippen LogP contribution in [0.4, 0.5) is 4.39 Å². The van der Waals surface area contributed by atoms with Crippen molar-refractivity contribution in [2.45, 2.75) is 0 Å². The predicted molar refractivity (Wildman–Crippen MR) is 64.2 cm³/mol. The van der Waals surface area contributed by atoms with Gasteiger partial charge in [0.05, 0.1) is 12.7 Å². The second-order valence-corrected chi connectivity index (χ2v) is 3.51. The minimum atomic E-state index is -0.482. The van der Waals surface area contributed by atoms with Crippen molar-refractivity contribution in [1.82, 2.24) is 0 Å². The Labute approximate surface area is 104 Å². The molecule has 0 saturated heterocycles. The van der Waals surface area contributed by atoms with Crippen LogP contribution < -0.4 is 9.47 Å². The summed E-state index contributed by atoms with van der Waals surface area (Å²) in [5.41, 5.74) is 0.319. The van der Waals surface area contributed by atoms with E-state index in [2.05, 4.69) is 0 Å². The van der Waals surface area contributed by atoms with Gasteiger partial charge in [-0.1, -0.05) is 12.1 Å². The molecule has 0 aromatic heterocycles. The Hall–Kier alpha value is -2.54. The highest BCUT2D eigenvalue weighted by atomic mass is 19.1. The molecule has 0 aliphatic heterocycles. The number of ether oxygens (including phenoxy) is 2. The normalized spacial score (nSPS) is 9.61. The van der Waals surface area contributed by atoms with Crippen molar-refractivity contribution >= 4 is 0 Å². The van der Waals surface area contributed by atoms with Crippen LogP contribution in [0.3, 0.4) is 0 Å². The maximum atomic E-state index is 13.5. The molecule has 0 heterocycles.